The van der Waals surface area contributed by atoms with Gasteiger partial charge >= 0.3 is 6.09 Å². The Morgan fingerprint density at radius 2 is 1.44 bits per heavy atom. The largest absolute Gasteiger partial charge is 0.445 e. The van der Waals surface area contributed by atoms with Gasteiger partial charge in [0.15, 0.2) is 5.78 Å². The quantitative estimate of drug-likeness (QED) is 0.502. The summed E-state index contributed by atoms with van der Waals surface area (Å²) in [6.45, 7) is 0.883. The van der Waals surface area contributed by atoms with Crippen molar-refractivity contribution in [2.45, 2.75) is 38.7 Å². The number of ketones is 1. The van der Waals surface area contributed by atoms with Gasteiger partial charge in [-0.1, -0.05) is 73.5 Å². The van der Waals surface area contributed by atoms with E-state index in [1.54, 1.807) is 0 Å². The van der Waals surface area contributed by atoms with E-state index in [9.17, 15) is 9.59 Å². The number of nitrogens with one attached hydrogen (secondary N) is 1. The van der Waals surface area contributed by atoms with Gasteiger partial charge in [0.2, 0.25) is 0 Å². The van der Waals surface area contributed by atoms with Gasteiger partial charge in [-0.3, -0.25) is 4.79 Å². The summed E-state index contributed by atoms with van der Waals surface area (Å²) in [4.78, 5) is 23.5. The van der Waals surface area contributed by atoms with Crippen LogP contribution in [0.25, 0.3) is 0 Å². The number of hydrogen-bond donors (Lipinski definition) is 1. The number of alkyl carbamates (subject to hydrolysis) is 1. The minimum Gasteiger partial charge on any atom is -0.445 e. The van der Waals surface area contributed by atoms with Crippen LogP contribution in [0.3, 0.4) is 0 Å². The smallest absolute Gasteiger partial charge is 0.407 e. The number of benzene rings is 2. The molecule has 2 aromatic rings. The Labute approximate surface area is 149 Å². The summed E-state index contributed by atoms with van der Waals surface area (Å²) >= 11 is 0. The summed E-state index contributed by atoms with van der Waals surface area (Å²) < 4.78 is 5.14. The van der Waals surface area contributed by atoms with Crippen molar-refractivity contribution in [2.24, 2.45) is 0 Å². The monoisotopic (exact) mass is 339 g/mol. The molecule has 0 saturated carbocycles. The van der Waals surface area contributed by atoms with Crippen LogP contribution in [0, 0.1) is 0 Å². The molecule has 0 saturated heterocycles. The highest BCUT2D eigenvalue weighted by molar-refractivity contribution is 5.95. The molecular weight excluding hydrogens is 314 g/mol. The molecule has 0 aliphatic carbocycles. The lowest BCUT2D eigenvalue weighted by Crippen LogP contribution is -2.25. The van der Waals surface area contributed by atoms with E-state index in [2.05, 4.69) is 5.32 Å². The summed E-state index contributed by atoms with van der Waals surface area (Å²) in [7, 11) is 0. The maximum absolute atomic E-state index is 11.9. The second kappa shape index (κ2) is 11.0. The van der Waals surface area contributed by atoms with Crippen LogP contribution < -0.4 is 5.32 Å². The summed E-state index contributed by atoms with van der Waals surface area (Å²) in [6, 6.07) is 19.0. The fourth-order valence-electron chi connectivity index (χ4n) is 2.50. The molecule has 0 aliphatic heterocycles. The minimum absolute atomic E-state index is 0.197. The van der Waals surface area contributed by atoms with Gasteiger partial charge in [0, 0.05) is 18.5 Å². The van der Waals surface area contributed by atoms with E-state index in [1.165, 1.54) is 0 Å². The number of carbonyl (C=O) groups excluding carboxylic acids is 2. The molecule has 0 atom stereocenters. The van der Waals surface area contributed by atoms with Gasteiger partial charge < -0.3 is 10.1 Å². The first-order valence-electron chi connectivity index (χ1n) is 8.78. The normalized spacial score (nSPS) is 10.2. The number of carbonyl (C=O) groups is 2. The highest BCUT2D eigenvalue weighted by Gasteiger charge is 2.05. The number of ether oxygens (including phenoxy) is 1. The lowest BCUT2D eigenvalue weighted by Gasteiger charge is -2.07. The van der Waals surface area contributed by atoms with Crippen LogP contribution in [0.2, 0.25) is 0 Å². The first kappa shape index (κ1) is 18.7. The van der Waals surface area contributed by atoms with E-state index in [-0.39, 0.29) is 18.5 Å². The third kappa shape index (κ3) is 7.66. The Balaban J connectivity index is 1.46. The number of Topliss-reactive ketones (excluding diaryl/α,β-unsaturated/α-hetero) is 1. The minimum atomic E-state index is -0.386. The molecule has 0 radical (unpaired) electrons. The molecule has 0 aliphatic rings. The first-order valence-corrected chi connectivity index (χ1v) is 8.78. The molecule has 4 heteroatoms. The average molecular weight is 339 g/mol. The molecule has 0 bridgehead atoms. The molecule has 2 rings (SSSR count). The zero-order valence-corrected chi connectivity index (χ0v) is 14.4. The number of amides is 1. The molecule has 132 valence electrons. The third-order valence-corrected chi connectivity index (χ3v) is 3.91. The van der Waals surface area contributed by atoms with Crippen molar-refractivity contribution in [1.29, 1.82) is 0 Å². The van der Waals surface area contributed by atoms with Crippen molar-refractivity contribution in [1.82, 2.24) is 5.32 Å². The number of hydrogen-bond acceptors (Lipinski definition) is 3. The van der Waals surface area contributed by atoms with Crippen LogP contribution in [-0.2, 0) is 11.3 Å². The van der Waals surface area contributed by atoms with Gasteiger partial charge in [-0.25, -0.2) is 4.79 Å². The van der Waals surface area contributed by atoms with Crippen molar-refractivity contribution in [2.75, 3.05) is 6.54 Å². The Kier molecular flexibility index (Phi) is 8.25. The summed E-state index contributed by atoms with van der Waals surface area (Å²) in [5.74, 6) is 0.197. The molecule has 0 fully saturated rings. The topological polar surface area (TPSA) is 55.4 Å². The fourth-order valence-corrected chi connectivity index (χ4v) is 2.50. The molecule has 25 heavy (non-hydrogen) atoms. The standard InChI is InChI=1S/C21H25NO3/c23-20(19-13-7-4-8-14-19)15-9-1-2-10-16-22-21(24)25-17-18-11-5-3-6-12-18/h3-8,11-14H,1-2,9-10,15-17H2,(H,22,24). The van der Waals surface area contributed by atoms with Crippen LogP contribution in [-0.4, -0.2) is 18.4 Å². The molecular formula is C21H25NO3. The van der Waals surface area contributed by atoms with Crippen LogP contribution >= 0.6 is 0 Å². The van der Waals surface area contributed by atoms with Gasteiger partial charge in [0.25, 0.3) is 0 Å². The number of unbranched alkanes of at least 4 members (excludes halogenated alkanes) is 3. The Bertz CT molecular complexity index is 641. The Morgan fingerprint density at radius 1 is 0.800 bits per heavy atom. The van der Waals surface area contributed by atoms with E-state index < -0.39 is 0 Å². The Hall–Kier alpha value is -2.62. The zero-order valence-electron chi connectivity index (χ0n) is 14.4. The summed E-state index contributed by atoms with van der Waals surface area (Å²) in [5, 5.41) is 2.75. The molecule has 1 amide bonds. The SMILES string of the molecule is O=C(NCCCCCCC(=O)c1ccccc1)OCc1ccccc1. The molecule has 0 unspecified atom stereocenters. The van der Waals surface area contributed by atoms with Crippen LogP contribution in [0.1, 0.15) is 48.0 Å². The lowest BCUT2D eigenvalue weighted by molar-refractivity contribution is 0.0979. The van der Waals surface area contributed by atoms with Crippen molar-refractivity contribution < 1.29 is 14.3 Å². The van der Waals surface area contributed by atoms with Crippen molar-refractivity contribution >= 4 is 11.9 Å². The lowest BCUT2D eigenvalue weighted by atomic mass is 10.0. The van der Waals surface area contributed by atoms with Crippen molar-refractivity contribution in [3.63, 3.8) is 0 Å². The van der Waals surface area contributed by atoms with E-state index in [0.717, 1.165) is 36.8 Å². The predicted octanol–water partition coefficient (Wildman–Crippen LogP) is 4.75. The second-order valence-corrected chi connectivity index (χ2v) is 5.94. The first-order chi connectivity index (χ1) is 12.3. The molecule has 0 heterocycles. The molecule has 2 aromatic carbocycles. The van der Waals surface area contributed by atoms with Crippen LogP contribution in [0.5, 0.6) is 0 Å². The second-order valence-electron chi connectivity index (χ2n) is 5.94. The van der Waals surface area contributed by atoms with E-state index >= 15 is 0 Å². The molecule has 0 spiro atoms. The third-order valence-electron chi connectivity index (χ3n) is 3.91. The van der Waals surface area contributed by atoms with Crippen LogP contribution in [0.4, 0.5) is 4.79 Å². The van der Waals surface area contributed by atoms with Gasteiger partial charge in [0.1, 0.15) is 6.61 Å². The van der Waals surface area contributed by atoms with Gasteiger partial charge in [-0.2, -0.15) is 0 Å². The van der Waals surface area contributed by atoms with Crippen molar-refractivity contribution in [3.05, 3.63) is 71.8 Å². The maximum Gasteiger partial charge on any atom is 0.407 e. The zero-order chi connectivity index (χ0) is 17.7. The predicted molar refractivity (Wildman–Crippen MR) is 98.5 cm³/mol. The average Bonchev–Trinajstić information content (AvgIpc) is 2.67. The fraction of sp³-hybridized carbons (Fsp3) is 0.333. The molecule has 0 aromatic heterocycles. The van der Waals surface area contributed by atoms with Gasteiger partial charge in [0.05, 0.1) is 0 Å². The van der Waals surface area contributed by atoms with E-state index in [0.29, 0.717) is 13.0 Å². The van der Waals surface area contributed by atoms with Crippen molar-refractivity contribution in [3.8, 4) is 0 Å². The number of rotatable bonds is 10. The van der Waals surface area contributed by atoms with Crippen LogP contribution in [0.15, 0.2) is 60.7 Å². The Morgan fingerprint density at radius 3 is 2.16 bits per heavy atom. The van der Waals surface area contributed by atoms with Gasteiger partial charge in [-0.15, -0.1) is 0 Å². The highest BCUT2D eigenvalue weighted by Crippen LogP contribution is 2.09. The van der Waals surface area contributed by atoms with E-state index in [4.69, 9.17) is 4.74 Å². The summed E-state index contributed by atoms with van der Waals surface area (Å²) in [5.41, 5.74) is 1.76. The molecule has 4 nitrogen and oxygen atoms in total. The summed E-state index contributed by atoms with van der Waals surface area (Å²) in [6.07, 6.45) is 3.94. The molecule has 1 N–H and O–H groups in total. The van der Waals surface area contributed by atoms with Gasteiger partial charge in [-0.05, 0) is 18.4 Å². The highest BCUT2D eigenvalue weighted by atomic mass is 16.5. The van der Waals surface area contributed by atoms with E-state index in [1.807, 2.05) is 60.7 Å². The maximum atomic E-state index is 11.9.